The van der Waals surface area contributed by atoms with Crippen LogP contribution in [-0.2, 0) is 11.2 Å². The first-order valence-electron chi connectivity index (χ1n) is 9.97. The molecule has 1 aromatic heterocycles. The maximum atomic E-state index is 12.5. The monoisotopic (exact) mass is 389 g/mol. The van der Waals surface area contributed by atoms with E-state index < -0.39 is 12.1 Å². The molecule has 1 N–H and O–H groups in total. The highest BCUT2D eigenvalue weighted by atomic mass is 16.5. The van der Waals surface area contributed by atoms with Gasteiger partial charge in [-0.1, -0.05) is 30.3 Å². The standard InChI is InChI=1S/C24H23NO4/c26-20-13-12-18(8-1-5-16-6-2-9-19(15-16)24(27)28)23(20)29-21-11-3-7-17-10-4-14-25-22(17)21/h2-4,6-7,9-11,14-15,18,23H,1,5,8,12-13H2,(H,27,28)/t18-,23+/m0/s1. The van der Waals surface area contributed by atoms with Crippen LogP contribution in [0.3, 0.4) is 0 Å². The van der Waals surface area contributed by atoms with Crippen LogP contribution < -0.4 is 4.74 Å². The summed E-state index contributed by atoms with van der Waals surface area (Å²) in [5.41, 5.74) is 2.09. The van der Waals surface area contributed by atoms with Crippen LogP contribution in [0.25, 0.3) is 10.9 Å². The fraction of sp³-hybridized carbons (Fsp3) is 0.292. The Balaban J connectivity index is 1.42. The van der Waals surface area contributed by atoms with E-state index >= 15 is 0 Å². The van der Waals surface area contributed by atoms with Crippen LogP contribution in [0.4, 0.5) is 0 Å². The number of benzene rings is 2. The van der Waals surface area contributed by atoms with Gasteiger partial charge in [-0.25, -0.2) is 4.79 Å². The number of ketones is 1. The van der Waals surface area contributed by atoms with E-state index in [9.17, 15) is 9.59 Å². The van der Waals surface area contributed by atoms with Crippen molar-refractivity contribution in [3.63, 3.8) is 0 Å². The number of para-hydroxylation sites is 1. The second-order valence-corrected chi connectivity index (χ2v) is 7.53. The Labute approximate surface area is 169 Å². The van der Waals surface area contributed by atoms with Crippen LogP contribution in [-0.4, -0.2) is 27.9 Å². The number of carbonyl (C=O) groups excluding carboxylic acids is 1. The number of nitrogens with zero attached hydrogens (tertiary/aromatic N) is 1. The summed E-state index contributed by atoms with van der Waals surface area (Å²) in [6.07, 6.45) is 5.20. The van der Waals surface area contributed by atoms with Crippen molar-refractivity contribution in [2.75, 3.05) is 0 Å². The number of carbonyl (C=O) groups is 2. The Hall–Kier alpha value is -3.21. The number of ether oxygens (including phenoxy) is 1. The normalized spacial score (nSPS) is 18.8. The largest absolute Gasteiger partial charge is 0.480 e. The first-order valence-corrected chi connectivity index (χ1v) is 9.97. The zero-order valence-corrected chi connectivity index (χ0v) is 16.1. The maximum absolute atomic E-state index is 12.5. The topological polar surface area (TPSA) is 76.5 Å². The van der Waals surface area contributed by atoms with Crippen LogP contribution in [0.2, 0.25) is 0 Å². The van der Waals surface area contributed by atoms with E-state index in [0.29, 0.717) is 17.7 Å². The van der Waals surface area contributed by atoms with Gasteiger partial charge in [-0.05, 0) is 55.5 Å². The number of pyridine rings is 1. The fourth-order valence-corrected chi connectivity index (χ4v) is 4.08. The van der Waals surface area contributed by atoms with Crippen molar-refractivity contribution in [3.8, 4) is 5.75 Å². The molecule has 2 atom stereocenters. The van der Waals surface area contributed by atoms with E-state index in [-0.39, 0.29) is 11.7 Å². The van der Waals surface area contributed by atoms with Gasteiger partial charge in [-0.2, -0.15) is 0 Å². The lowest BCUT2D eigenvalue weighted by molar-refractivity contribution is -0.124. The molecule has 1 aliphatic rings. The van der Waals surface area contributed by atoms with Gasteiger partial charge in [-0.15, -0.1) is 0 Å². The zero-order valence-electron chi connectivity index (χ0n) is 16.1. The molecule has 0 saturated heterocycles. The summed E-state index contributed by atoms with van der Waals surface area (Å²) in [7, 11) is 0. The summed E-state index contributed by atoms with van der Waals surface area (Å²) in [6.45, 7) is 0. The van der Waals surface area contributed by atoms with Crippen LogP contribution in [0.1, 0.15) is 41.6 Å². The molecule has 0 radical (unpaired) electrons. The summed E-state index contributed by atoms with van der Waals surface area (Å²) in [4.78, 5) is 28.0. The molecule has 1 fully saturated rings. The number of Topliss-reactive ketones (excluding diaryl/α,β-unsaturated/α-hetero) is 1. The molecule has 4 rings (SSSR count). The molecule has 0 unspecified atom stereocenters. The van der Waals surface area contributed by atoms with E-state index in [2.05, 4.69) is 4.98 Å². The summed E-state index contributed by atoms with van der Waals surface area (Å²) in [5, 5.41) is 10.1. The van der Waals surface area contributed by atoms with Crippen molar-refractivity contribution in [3.05, 3.63) is 71.9 Å². The molecule has 0 bridgehead atoms. The highest BCUT2D eigenvalue weighted by molar-refractivity contribution is 5.88. The van der Waals surface area contributed by atoms with E-state index in [0.717, 1.165) is 42.1 Å². The van der Waals surface area contributed by atoms with Crippen molar-refractivity contribution >= 4 is 22.7 Å². The molecule has 1 heterocycles. The Morgan fingerprint density at radius 2 is 1.97 bits per heavy atom. The summed E-state index contributed by atoms with van der Waals surface area (Å²) in [5.74, 6) is 0.0628. The van der Waals surface area contributed by atoms with Gasteiger partial charge in [0.15, 0.2) is 11.9 Å². The van der Waals surface area contributed by atoms with Crippen LogP contribution >= 0.6 is 0 Å². The highest BCUT2D eigenvalue weighted by Crippen LogP contribution is 2.33. The third-order valence-corrected chi connectivity index (χ3v) is 5.57. The molecule has 0 amide bonds. The second-order valence-electron chi connectivity index (χ2n) is 7.53. The van der Waals surface area contributed by atoms with Gasteiger partial charge in [-0.3, -0.25) is 9.78 Å². The van der Waals surface area contributed by atoms with Crippen molar-refractivity contribution in [1.82, 2.24) is 4.98 Å². The predicted octanol–water partition coefficient (Wildman–Crippen LogP) is 4.68. The minimum Gasteiger partial charge on any atom is -0.480 e. The first kappa shape index (κ1) is 19.1. The number of carboxylic acid groups (broad SMARTS) is 1. The molecule has 3 aromatic rings. The molecule has 5 heteroatoms. The van der Waals surface area contributed by atoms with Crippen molar-refractivity contribution in [2.24, 2.45) is 5.92 Å². The van der Waals surface area contributed by atoms with Gasteiger partial charge in [0.25, 0.3) is 0 Å². The Bertz CT molecular complexity index is 1040. The van der Waals surface area contributed by atoms with Gasteiger partial charge in [0.1, 0.15) is 11.3 Å². The number of hydrogen-bond donors (Lipinski definition) is 1. The lowest BCUT2D eigenvalue weighted by Gasteiger charge is -2.20. The summed E-state index contributed by atoms with van der Waals surface area (Å²) < 4.78 is 6.18. The van der Waals surface area contributed by atoms with Gasteiger partial charge >= 0.3 is 5.97 Å². The minimum absolute atomic E-state index is 0.149. The Morgan fingerprint density at radius 1 is 1.14 bits per heavy atom. The third-order valence-electron chi connectivity index (χ3n) is 5.57. The lowest BCUT2D eigenvalue weighted by Crippen LogP contribution is -2.28. The van der Waals surface area contributed by atoms with Crippen molar-refractivity contribution < 1.29 is 19.4 Å². The fourth-order valence-electron chi connectivity index (χ4n) is 4.08. The highest BCUT2D eigenvalue weighted by Gasteiger charge is 2.36. The summed E-state index contributed by atoms with van der Waals surface area (Å²) in [6, 6.07) is 16.7. The molecular weight excluding hydrogens is 366 g/mol. The molecule has 5 nitrogen and oxygen atoms in total. The number of aromatic carboxylic acids is 1. The van der Waals surface area contributed by atoms with Gasteiger partial charge < -0.3 is 9.84 Å². The smallest absolute Gasteiger partial charge is 0.335 e. The maximum Gasteiger partial charge on any atom is 0.335 e. The van der Waals surface area contributed by atoms with E-state index in [4.69, 9.17) is 9.84 Å². The van der Waals surface area contributed by atoms with Gasteiger partial charge in [0.2, 0.25) is 0 Å². The average Bonchev–Trinajstić information content (AvgIpc) is 3.08. The molecular formula is C24H23NO4. The SMILES string of the molecule is O=C(O)c1cccc(CCC[C@H]2CCC(=O)[C@@H]2Oc2cccc3cccnc23)c1. The molecule has 0 spiro atoms. The molecule has 29 heavy (non-hydrogen) atoms. The molecule has 1 aliphatic carbocycles. The number of rotatable bonds is 7. The predicted molar refractivity (Wildman–Crippen MR) is 110 cm³/mol. The van der Waals surface area contributed by atoms with Crippen molar-refractivity contribution in [2.45, 2.75) is 38.2 Å². The Kier molecular flexibility index (Phi) is 5.56. The second kappa shape index (κ2) is 8.43. The molecule has 148 valence electrons. The number of hydrogen-bond acceptors (Lipinski definition) is 4. The number of aromatic nitrogens is 1. The minimum atomic E-state index is -0.912. The summed E-state index contributed by atoms with van der Waals surface area (Å²) >= 11 is 0. The molecule has 1 saturated carbocycles. The third kappa shape index (κ3) is 4.29. The molecule has 2 aromatic carbocycles. The van der Waals surface area contributed by atoms with Crippen LogP contribution in [0, 0.1) is 5.92 Å². The van der Waals surface area contributed by atoms with E-state index in [1.807, 2.05) is 36.4 Å². The quantitative estimate of drug-likeness (QED) is 0.635. The first-order chi connectivity index (χ1) is 14.1. The van der Waals surface area contributed by atoms with Crippen molar-refractivity contribution in [1.29, 1.82) is 0 Å². The van der Waals surface area contributed by atoms with Crippen LogP contribution in [0.15, 0.2) is 60.8 Å². The van der Waals surface area contributed by atoms with Gasteiger partial charge in [0.05, 0.1) is 5.56 Å². The lowest BCUT2D eigenvalue weighted by atomic mass is 9.96. The number of fused-ring (bicyclic) bond motifs is 1. The molecule has 0 aliphatic heterocycles. The van der Waals surface area contributed by atoms with Crippen LogP contribution in [0.5, 0.6) is 5.75 Å². The number of carboxylic acids is 1. The zero-order chi connectivity index (χ0) is 20.2. The van der Waals surface area contributed by atoms with Gasteiger partial charge in [0, 0.05) is 23.9 Å². The number of aryl methyl sites for hydroxylation is 1. The van der Waals surface area contributed by atoms with E-state index in [1.165, 1.54) is 0 Å². The average molecular weight is 389 g/mol. The Morgan fingerprint density at radius 3 is 2.83 bits per heavy atom. The van der Waals surface area contributed by atoms with E-state index in [1.54, 1.807) is 24.4 Å².